The Hall–Kier alpha value is -0.780. The fourth-order valence-corrected chi connectivity index (χ4v) is 4.71. The SMILES string of the molecule is CCNC(C)c1nnc(C2CCCc3sccc32)s1. The van der Waals surface area contributed by atoms with Crippen LogP contribution in [0.1, 0.15) is 59.1 Å². The normalized spacial score (nSPS) is 20.2. The standard InChI is InChI=1S/C14H19N3S2/c1-3-15-9(2)13-16-17-14(19-13)11-5-4-6-12-10(11)7-8-18-12/h7-9,11,15H,3-6H2,1-2H3. The molecule has 1 aliphatic carbocycles. The maximum absolute atomic E-state index is 4.45. The van der Waals surface area contributed by atoms with E-state index in [4.69, 9.17) is 0 Å². The van der Waals surface area contributed by atoms with E-state index in [1.807, 2.05) is 11.3 Å². The summed E-state index contributed by atoms with van der Waals surface area (Å²) in [5.74, 6) is 0.482. The number of fused-ring (bicyclic) bond motifs is 1. The Bertz CT molecular complexity index is 546. The predicted octanol–water partition coefficient (Wildman–Crippen LogP) is 3.74. The second-order valence-corrected chi connectivity index (χ2v) is 7.04. The molecule has 1 N–H and O–H groups in total. The van der Waals surface area contributed by atoms with Gasteiger partial charge in [0.1, 0.15) is 10.0 Å². The number of rotatable bonds is 4. The molecule has 0 saturated carbocycles. The van der Waals surface area contributed by atoms with Crippen molar-refractivity contribution >= 4 is 22.7 Å². The third-order valence-corrected chi connectivity index (χ3v) is 5.90. The summed E-state index contributed by atoms with van der Waals surface area (Å²) in [6, 6.07) is 2.58. The maximum atomic E-state index is 4.45. The van der Waals surface area contributed by atoms with Crippen molar-refractivity contribution in [2.75, 3.05) is 6.54 Å². The molecule has 1 aliphatic rings. The first-order valence-corrected chi connectivity index (χ1v) is 8.62. The van der Waals surface area contributed by atoms with E-state index in [1.165, 1.54) is 29.8 Å². The van der Waals surface area contributed by atoms with Crippen molar-refractivity contribution in [2.45, 2.75) is 45.1 Å². The number of nitrogens with zero attached hydrogens (tertiary/aromatic N) is 2. The van der Waals surface area contributed by atoms with Crippen LogP contribution >= 0.6 is 22.7 Å². The first-order valence-electron chi connectivity index (χ1n) is 6.92. The van der Waals surface area contributed by atoms with Crippen molar-refractivity contribution in [3.63, 3.8) is 0 Å². The molecule has 0 amide bonds. The summed E-state index contributed by atoms with van der Waals surface area (Å²) in [5.41, 5.74) is 1.50. The van der Waals surface area contributed by atoms with Gasteiger partial charge in [-0.05, 0) is 49.7 Å². The Morgan fingerprint density at radius 3 is 3.21 bits per heavy atom. The van der Waals surface area contributed by atoms with Gasteiger partial charge >= 0.3 is 0 Å². The molecule has 2 aromatic heterocycles. The van der Waals surface area contributed by atoms with Gasteiger partial charge in [0.05, 0.1) is 6.04 Å². The Kier molecular flexibility index (Phi) is 3.96. The van der Waals surface area contributed by atoms with Crippen molar-refractivity contribution in [1.82, 2.24) is 15.5 Å². The lowest BCUT2D eigenvalue weighted by Gasteiger charge is -2.19. The molecule has 19 heavy (non-hydrogen) atoms. The molecule has 0 radical (unpaired) electrons. The summed E-state index contributed by atoms with van der Waals surface area (Å²) < 4.78 is 0. The van der Waals surface area contributed by atoms with Gasteiger partial charge in [-0.15, -0.1) is 21.5 Å². The summed E-state index contributed by atoms with van der Waals surface area (Å²) in [7, 11) is 0. The smallest absolute Gasteiger partial charge is 0.134 e. The lowest BCUT2D eigenvalue weighted by molar-refractivity contribution is 0.587. The lowest BCUT2D eigenvalue weighted by atomic mass is 9.88. The molecule has 102 valence electrons. The van der Waals surface area contributed by atoms with Crippen LogP contribution in [0, 0.1) is 0 Å². The fraction of sp³-hybridized carbons (Fsp3) is 0.571. The Balaban J connectivity index is 1.84. The summed E-state index contributed by atoms with van der Waals surface area (Å²) in [6.45, 7) is 5.25. The van der Waals surface area contributed by atoms with Crippen LogP contribution in [0.2, 0.25) is 0 Å². The van der Waals surface area contributed by atoms with Crippen LogP contribution in [0.5, 0.6) is 0 Å². The van der Waals surface area contributed by atoms with E-state index in [9.17, 15) is 0 Å². The number of aromatic nitrogens is 2. The minimum atomic E-state index is 0.307. The van der Waals surface area contributed by atoms with Crippen LogP contribution in [0.15, 0.2) is 11.4 Å². The molecule has 0 bridgehead atoms. The Morgan fingerprint density at radius 1 is 1.47 bits per heavy atom. The zero-order valence-electron chi connectivity index (χ0n) is 11.3. The van der Waals surface area contributed by atoms with E-state index in [-0.39, 0.29) is 0 Å². The van der Waals surface area contributed by atoms with Crippen LogP contribution in [-0.2, 0) is 6.42 Å². The number of hydrogen-bond donors (Lipinski definition) is 1. The second kappa shape index (κ2) is 5.69. The molecule has 0 aromatic carbocycles. The number of aryl methyl sites for hydroxylation is 1. The zero-order valence-corrected chi connectivity index (χ0v) is 13.0. The third-order valence-electron chi connectivity index (χ3n) is 3.69. The Labute approximate surface area is 122 Å². The van der Waals surface area contributed by atoms with E-state index in [0.29, 0.717) is 12.0 Å². The third kappa shape index (κ3) is 2.59. The predicted molar refractivity (Wildman–Crippen MR) is 81.1 cm³/mol. The topological polar surface area (TPSA) is 37.8 Å². The van der Waals surface area contributed by atoms with Gasteiger partial charge in [-0.3, -0.25) is 0 Å². The summed E-state index contributed by atoms with van der Waals surface area (Å²) in [4.78, 5) is 1.55. The van der Waals surface area contributed by atoms with E-state index >= 15 is 0 Å². The minimum Gasteiger partial charge on any atom is -0.308 e. The minimum absolute atomic E-state index is 0.307. The average Bonchev–Trinajstić information content (AvgIpc) is 3.07. The molecule has 0 saturated heterocycles. The van der Waals surface area contributed by atoms with Gasteiger partial charge < -0.3 is 5.32 Å². The quantitative estimate of drug-likeness (QED) is 0.933. The largest absolute Gasteiger partial charge is 0.308 e. The molecule has 0 aliphatic heterocycles. The monoisotopic (exact) mass is 293 g/mol. The molecular formula is C14H19N3S2. The van der Waals surface area contributed by atoms with Gasteiger partial charge in [0.25, 0.3) is 0 Å². The number of hydrogen-bond acceptors (Lipinski definition) is 5. The van der Waals surface area contributed by atoms with Crippen LogP contribution in [0.3, 0.4) is 0 Å². The van der Waals surface area contributed by atoms with E-state index in [0.717, 1.165) is 11.6 Å². The number of thiophene rings is 1. The van der Waals surface area contributed by atoms with Crippen molar-refractivity contribution in [1.29, 1.82) is 0 Å². The van der Waals surface area contributed by atoms with Crippen LogP contribution in [0.25, 0.3) is 0 Å². The van der Waals surface area contributed by atoms with Crippen LogP contribution in [0.4, 0.5) is 0 Å². The summed E-state index contributed by atoms with van der Waals surface area (Å²) >= 11 is 3.66. The maximum Gasteiger partial charge on any atom is 0.134 e. The molecule has 2 aromatic rings. The van der Waals surface area contributed by atoms with Crippen LogP contribution < -0.4 is 5.32 Å². The van der Waals surface area contributed by atoms with Crippen molar-refractivity contribution in [3.05, 3.63) is 31.9 Å². The summed E-state index contributed by atoms with van der Waals surface area (Å²) in [6.07, 6.45) is 3.73. The molecule has 3 nitrogen and oxygen atoms in total. The second-order valence-electron chi connectivity index (χ2n) is 5.00. The van der Waals surface area contributed by atoms with Crippen molar-refractivity contribution in [2.24, 2.45) is 0 Å². The molecular weight excluding hydrogens is 274 g/mol. The molecule has 2 atom stereocenters. The first kappa shape index (κ1) is 13.2. The van der Waals surface area contributed by atoms with Gasteiger partial charge in [-0.2, -0.15) is 0 Å². The molecule has 3 rings (SSSR count). The van der Waals surface area contributed by atoms with Gasteiger partial charge in [0.15, 0.2) is 0 Å². The van der Waals surface area contributed by atoms with Crippen LogP contribution in [-0.4, -0.2) is 16.7 Å². The molecule has 0 fully saturated rings. The highest BCUT2D eigenvalue weighted by Crippen LogP contribution is 2.40. The molecule has 2 unspecified atom stereocenters. The fourth-order valence-electron chi connectivity index (χ4n) is 2.70. The van der Waals surface area contributed by atoms with Crippen molar-refractivity contribution in [3.8, 4) is 0 Å². The van der Waals surface area contributed by atoms with E-state index in [2.05, 4.69) is 40.8 Å². The highest BCUT2D eigenvalue weighted by atomic mass is 32.1. The zero-order chi connectivity index (χ0) is 13.2. The summed E-state index contributed by atoms with van der Waals surface area (Å²) in [5, 5.41) is 16.8. The Morgan fingerprint density at radius 2 is 2.37 bits per heavy atom. The van der Waals surface area contributed by atoms with Gasteiger partial charge in [-0.25, -0.2) is 0 Å². The van der Waals surface area contributed by atoms with E-state index in [1.54, 1.807) is 16.2 Å². The van der Waals surface area contributed by atoms with Gasteiger partial charge in [0.2, 0.25) is 0 Å². The number of nitrogens with one attached hydrogen (secondary N) is 1. The highest BCUT2D eigenvalue weighted by molar-refractivity contribution is 7.11. The lowest BCUT2D eigenvalue weighted by Crippen LogP contribution is -2.17. The van der Waals surface area contributed by atoms with E-state index < -0.39 is 0 Å². The van der Waals surface area contributed by atoms with Gasteiger partial charge in [-0.1, -0.05) is 18.3 Å². The average molecular weight is 293 g/mol. The molecule has 5 heteroatoms. The molecule has 2 heterocycles. The van der Waals surface area contributed by atoms with Crippen molar-refractivity contribution < 1.29 is 0 Å². The highest BCUT2D eigenvalue weighted by Gasteiger charge is 2.26. The van der Waals surface area contributed by atoms with Gasteiger partial charge in [0, 0.05) is 10.8 Å². The molecule has 0 spiro atoms. The first-order chi connectivity index (χ1) is 9.29.